The van der Waals surface area contributed by atoms with E-state index in [0.717, 1.165) is 11.1 Å². The van der Waals surface area contributed by atoms with Crippen molar-refractivity contribution in [3.63, 3.8) is 0 Å². The van der Waals surface area contributed by atoms with Gasteiger partial charge in [0, 0.05) is 6.21 Å². The molecule has 1 aliphatic heterocycles. The SMILES string of the molecule is O=C1CC=NN1c1ccc(S(=O)(=O)O)c(Cl)c1Cl. The second-order valence-electron chi connectivity index (χ2n) is 3.39. The van der Waals surface area contributed by atoms with Crippen molar-refractivity contribution in [1.29, 1.82) is 0 Å². The summed E-state index contributed by atoms with van der Waals surface area (Å²) in [5.41, 5.74) is 0.160. The molecule has 2 rings (SSSR count). The number of anilines is 1. The fourth-order valence-corrected chi connectivity index (χ4v) is 2.75. The molecule has 1 aliphatic rings. The number of halogens is 2. The van der Waals surface area contributed by atoms with Crippen LogP contribution in [0.4, 0.5) is 5.69 Å². The number of benzene rings is 1. The largest absolute Gasteiger partial charge is 0.296 e. The van der Waals surface area contributed by atoms with Crippen LogP contribution in [0.15, 0.2) is 22.1 Å². The van der Waals surface area contributed by atoms with Gasteiger partial charge in [-0.1, -0.05) is 23.2 Å². The molecule has 0 saturated carbocycles. The highest BCUT2D eigenvalue weighted by atomic mass is 35.5. The highest BCUT2D eigenvalue weighted by molar-refractivity contribution is 7.86. The van der Waals surface area contributed by atoms with Gasteiger partial charge >= 0.3 is 0 Å². The zero-order valence-corrected chi connectivity index (χ0v) is 11.0. The van der Waals surface area contributed by atoms with Gasteiger partial charge < -0.3 is 0 Å². The molecule has 0 unspecified atom stereocenters. The third-order valence-corrected chi connectivity index (χ3v) is 4.11. The molecule has 0 fully saturated rings. The average Bonchev–Trinajstić information content (AvgIpc) is 2.67. The molecule has 9 heteroatoms. The van der Waals surface area contributed by atoms with Crippen LogP contribution in [0, 0.1) is 0 Å². The maximum absolute atomic E-state index is 11.5. The number of amides is 1. The van der Waals surface area contributed by atoms with Crippen LogP contribution in [0.1, 0.15) is 6.42 Å². The van der Waals surface area contributed by atoms with Crippen molar-refractivity contribution in [3.8, 4) is 0 Å². The molecule has 1 aromatic rings. The first-order valence-corrected chi connectivity index (χ1v) is 6.83. The Morgan fingerprint density at radius 3 is 2.44 bits per heavy atom. The van der Waals surface area contributed by atoms with Gasteiger partial charge in [-0.05, 0) is 12.1 Å². The molecule has 1 aromatic carbocycles. The minimum Gasteiger partial charge on any atom is -0.282 e. The first kappa shape index (κ1) is 13.3. The fourth-order valence-electron chi connectivity index (χ4n) is 1.43. The van der Waals surface area contributed by atoms with E-state index in [1.807, 2.05) is 0 Å². The van der Waals surface area contributed by atoms with Gasteiger partial charge in [-0.25, -0.2) is 0 Å². The van der Waals surface area contributed by atoms with Crippen molar-refractivity contribution in [2.75, 3.05) is 5.01 Å². The van der Waals surface area contributed by atoms with Gasteiger partial charge in [-0.2, -0.15) is 18.5 Å². The van der Waals surface area contributed by atoms with E-state index in [4.69, 9.17) is 27.8 Å². The number of carbonyl (C=O) groups is 1. The number of hydrazone groups is 1. The molecular formula is C9H6Cl2N2O4S. The van der Waals surface area contributed by atoms with Crippen molar-refractivity contribution >= 4 is 51.1 Å². The van der Waals surface area contributed by atoms with E-state index < -0.39 is 15.0 Å². The van der Waals surface area contributed by atoms with Crippen molar-refractivity contribution in [2.24, 2.45) is 5.10 Å². The van der Waals surface area contributed by atoms with Gasteiger partial charge in [0.05, 0.1) is 22.2 Å². The summed E-state index contributed by atoms with van der Waals surface area (Å²) < 4.78 is 30.9. The zero-order valence-electron chi connectivity index (χ0n) is 8.67. The molecule has 1 heterocycles. The lowest BCUT2D eigenvalue weighted by Crippen LogP contribution is -2.20. The topological polar surface area (TPSA) is 87.0 Å². The third kappa shape index (κ3) is 2.22. The predicted octanol–water partition coefficient (Wildman–Crippen LogP) is 1.96. The van der Waals surface area contributed by atoms with Crippen LogP contribution in [-0.2, 0) is 14.9 Å². The van der Waals surface area contributed by atoms with Crippen LogP contribution in [-0.4, -0.2) is 25.1 Å². The van der Waals surface area contributed by atoms with Crippen molar-refractivity contribution in [3.05, 3.63) is 22.2 Å². The quantitative estimate of drug-likeness (QED) is 0.846. The van der Waals surface area contributed by atoms with Gasteiger partial charge in [0.15, 0.2) is 0 Å². The monoisotopic (exact) mass is 308 g/mol. The Kier molecular flexibility index (Phi) is 3.33. The molecule has 0 bridgehead atoms. The Morgan fingerprint density at radius 1 is 1.28 bits per heavy atom. The van der Waals surface area contributed by atoms with Crippen molar-refractivity contribution in [1.82, 2.24) is 0 Å². The molecule has 1 amide bonds. The highest BCUT2D eigenvalue weighted by Crippen LogP contribution is 2.38. The van der Waals surface area contributed by atoms with Crippen molar-refractivity contribution in [2.45, 2.75) is 11.3 Å². The molecule has 0 spiro atoms. The van der Waals surface area contributed by atoms with E-state index in [0.29, 0.717) is 0 Å². The number of hydrogen-bond donors (Lipinski definition) is 1. The van der Waals surface area contributed by atoms with Gasteiger partial charge in [-0.15, -0.1) is 0 Å². The van der Waals surface area contributed by atoms with Crippen LogP contribution < -0.4 is 5.01 Å². The molecule has 96 valence electrons. The fraction of sp³-hybridized carbons (Fsp3) is 0.111. The Hall–Kier alpha value is -1.15. The molecule has 6 nitrogen and oxygen atoms in total. The predicted molar refractivity (Wildman–Crippen MR) is 66.9 cm³/mol. The Labute approximate surface area is 113 Å². The lowest BCUT2D eigenvalue weighted by Gasteiger charge is -2.15. The van der Waals surface area contributed by atoms with E-state index in [1.54, 1.807) is 0 Å². The number of nitrogens with zero attached hydrogens (tertiary/aromatic N) is 2. The van der Waals surface area contributed by atoms with E-state index in [2.05, 4.69) is 5.10 Å². The summed E-state index contributed by atoms with van der Waals surface area (Å²) in [4.78, 5) is 10.9. The molecular weight excluding hydrogens is 303 g/mol. The normalized spacial score (nSPS) is 15.5. The summed E-state index contributed by atoms with van der Waals surface area (Å²) in [5.74, 6) is -0.312. The molecule has 0 atom stereocenters. The molecule has 1 N–H and O–H groups in total. The molecule has 0 radical (unpaired) electrons. The first-order valence-electron chi connectivity index (χ1n) is 4.63. The molecule has 18 heavy (non-hydrogen) atoms. The van der Waals surface area contributed by atoms with Crippen LogP contribution >= 0.6 is 23.2 Å². The second kappa shape index (κ2) is 4.51. The van der Waals surface area contributed by atoms with Gasteiger partial charge in [0.2, 0.25) is 0 Å². The van der Waals surface area contributed by atoms with E-state index in [1.165, 1.54) is 12.3 Å². The van der Waals surface area contributed by atoms with Gasteiger partial charge in [-0.3, -0.25) is 9.35 Å². The third-order valence-electron chi connectivity index (χ3n) is 2.23. The molecule has 0 aliphatic carbocycles. The Balaban J connectivity index is 2.58. The van der Waals surface area contributed by atoms with Gasteiger partial charge in [0.25, 0.3) is 16.0 Å². The summed E-state index contributed by atoms with van der Waals surface area (Å²) in [6, 6.07) is 2.30. The lowest BCUT2D eigenvalue weighted by atomic mass is 10.3. The first-order chi connectivity index (χ1) is 8.32. The summed E-state index contributed by atoms with van der Waals surface area (Å²) in [6.07, 6.45) is 1.53. The summed E-state index contributed by atoms with van der Waals surface area (Å²) in [7, 11) is -4.47. The Bertz CT molecular complexity index is 657. The van der Waals surface area contributed by atoms with Crippen LogP contribution in [0.3, 0.4) is 0 Å². The Morgan fingerprint density at radius 2 is 1.94 bits per heavy atom. The lowest BCUT2D eigenvalue weighted by molar-refractivity contribution is -0.116. The maximum Gasteiger partial charge on any atom is 0.296 e. The highest BCUT2D eigenvalue weighted by Gasteiger charge is 2.25. The van der Waals surface area contributed by atoms with Gasteiger partial charge in [0.1, 0.15) is 4.90 Å². The molecule has 0 saturated heterocycles. The van der Waals surface area contributed by atoms with Crippen LogP contribution in [0.2, 0.25) is 10.0 Å². The summed E-state index contributed by atoms with van der Waals surface area (Å²) >= 11 is 11.6. The minimum absolute atomic E-state index is 0.133. The van der Waals surface area contributed by atoms with E-state index >= 15 is 0 Å². The second-order valence-corrected chi connectivity index (χ2v) is 5.54. The summed E-state index contributed by atoms with van der Waals surface area (Å²) in [6.45, 7) is 0. The minimum atomic E-state index is -4.47. The van der Waals surface area contributed by atoms with E-state index in [9.17, 15) is 13.2 Å². The number of rotatable bonds is 2. The van der Waals surface area contributed by atoms with E-state index in [-0.39, 0.29) is 28.1 Å². The number of hydrogen-bond acceptors (Lipinski definition) is 4. The average molecular weight is 309 g/mol. The number of carbonyl (C=O) groups excluding carboxylic acids is 1. The maximum atomic E-state index is 11.5. The van der Waals surface area contributed by atoms with Crippen LogP contribution in [0.5, 0.6) is 0 Å². The standard InChI is InChI=1S/C9H6Cl2N2O4S/c10-8-5(13-7(14)3-4-12-13)1-2-6(9(8)11)18(15,16)17/h1-2,4H,3H2,(H,15,16,17). The summed E-state index contributed by atoms with van der Waals surface area (Å²) in [5, 5.41) is 4.28. The zero-order chi connectivity index (χ0) is 13.5. The van der Waals surface area contributed by atoms with Crippen LogP contribution in [0.25, 0.3) is 0 Å². The molecule has 0 aromatic heterocycles. The smallest absolute Gasteiger partial charge is 0.282 e. The van der Waals surface area contributed by atoms with Crippen molar-refractivity contribution < 1.29 is 17.8 Å².